The zero-order chi connectivity index (χ0) is 58.5. The lowest BCUT2D eigenvalue weighted by Gasteiger charge is -2.18. The van der Waals surface area contributed by atoms with Crippen LogP contribution in [0, 0.1) is 0 Å². The Bertz CT molecular complexity index is 1620. The average molecular weight is 1130 g/mol. The minimum absolute atomic E-state index is 0.0824. The molecule has 0 aromatic carbocycles. The van der Waals surface area contributed by atoms with E-state index in [-0.39, 0.29) is 31.1 Å². The van der Waals surface area contributed by atoms with Gasteiger partial charge in [0, 0.05) is 19.3 Å². The number of carbonyl (C=O) groups excluding carboxylic acids is 3. The van der Waals surface area contributed by atoms with Crippen LogP contribution in [-0.2, 0) is 28.6 Å². The molecular formula is C75H128O6. The van der Waals surface area contributed by atoms with Crippen molar-refractivity contribution in [3.8, 4) is 0 Å². The lowest BCUT2D eigenvalue weighted by Crippen LogP contribution is -2.30. The molecule has 0 aliphatic heterocycles. The van der Waals surface area contributed by atoms with Gasteiger partial charge in [-0.3, -0.25) is 14.4 Å². The van der Waals surface area contributed by atoms with Gasteiger partial charge in [0.1, 0.15) is 13.2 Å². The first-order chi connectivity index (χ1) is 40.0. The maximum absolute atomic E-state index is 12.9. The Balaban J connectivity index is 4.20. The van der Waals surface area contributed by atoms with Crippen molar-refractivity contribution in [3.05, 3.63) is 109 Å². The van der Waals surface area contributed by atoms with E-state index >= 15 is 0 Å². The molecule has 0 aliphatic carbocycles. The third-order valence-corrected chi connectivity index (χ3v) is 14.7. The summed E-state index contributed by atoms with van der Waals surface area (Å²) >= 11 is 0. The highest BCUT2D eigenvalue weighted by molar-refractivity contribution is 5.71. The molecule has 0 radical (unpaired) electrons. The maximum Gasteiger partial charge on any atom is 0.306 e. The van der Waals surface area contributed by atoms with Gasteiger partial charge >= 0.3 is 17.9 Å². The summed E-state index contributed by atoms with van der Waals surface area (Å²) in [5.74, 6) is -0.889. The summed E-state index contributed by atoms with van der Waals surface area (Å²) in [6, 6.07) is 0. The molecule has 1 unspecified atom stereocenters. The van der Waals surface area contributed by atoms with Crippen molar-refractivity contribution in [2.45, 2.75) is 335 Å². The molecule has 0 aromatic heterocycles. The Morgan fingerprint density at radius 3 is 0.790 bits per heavy atom. The second-order valence-corrected chi connectivity index (χ2v) is 22.7. The molecule has 0 bridgehead atoms. The van der Waals surface area contributed by atoms with Gasteiger partial charge in [-0.05, 0) is 128 Å². The first-order valence-corrected chi connectivity index (χ1v) is 34.4. The predicted octanol–water partition coefficient (Wildman–Crippen LogP) is 23.8. The van der Waals surface area contributed by atoms with E-state index in [0.29, 0.717) is 19.3 Å². The molecule has 6 nitrogen and oxygen atoms in total. The van der Waals surface area contributed by atoms with E-state index in [4.69, 9.17) is 14.2 Å². The second kappa shape index (κ2) is 68.6. The second-order valence-electron chi connectivity index (χ2n) is 22.7. The van der Waals surface area contributed by atoms with Crippen molar-refractivity contribution in [2.75, 3.05) is 13.2 Å². The van der Waals surface area contributed by atoms with Gasteiger partial charge in [0.05, 0.1) is 0 Å². The molecule has 0 N–H and O–H groups in total. The SMILES string of the molecule is CC/C=C\C/C=C\C/C=C\C/C=C\C/C=C\C/C=C\CCCCCCCCCCCCCCCCC(=O)OCC(COC(=O)CCCCCCC/C=C\CCCCC)OC(=O)CCCCCCCCC/C=C\C/C=C\CCCCCC. The van der Waals surface area contributed by atoms with Crippen LogP contribution >= 0.6 is 0 Å². The van der Waals surface area contributed by atoms with Gasteiger partial charge in [-0.25, -0.2) is 0 Å². The maximum atomic E-state index is 12.9. The van der Waals surface area contributed by atoms with Crippen LogP contribution in [0.25, 0.3) is 0 Å². The average Bonchev–Trinajstić information content (AvgIpc) is 3.47. The first-order valence-electron chi connectivity index (χ1n) is 34.4. The standard InChI is InChI=1S/C75H128O6/c1-4-7-10-13-16-19-22-25-27-29-31-32-33-34-35-36-37-38-39-40-41-42-43-44-45-47-48-50-53-56-59-62-65-68-74(77)80-71-72(70-79-73(76)67-64-61-58-55-52-24-21-18-15-12-9-6-3)81-75(78)69-66-63-60-57-54-51-49-46-30-28-26-23-20-17-14-11-8-5-2/h7,10,16,18-21,23,25,27-28,30-32,34-35,37-38,72H,4-6,8-9,11-15,17,22,24,26,29,33,36,39-71H2,1-3H3/b10-7-,19-16-,21-18-,23-20-,27-25-,30-28-,32-31-,35-34-,38-37-. The minimum atomic E-state index is -0.786. The summed E-state index contributed by atoms with van der Waals surface area (Å²) in [7, 11) is 0. The third-order valence-electron chi connectivity index (χ3n) is 14.7. The van der Waals surface area contributed by atoms with Gasteiger partial charge in [0.15, 0.2) is 6.10 Å². The van der Waals surface area contributed by atoms with Crippen LogP contribution in [0.3, 0.4) is 0 Å². The van der Waals surface area contributed by atoms with Crippen LogP contribution in [0.15, 0.2) is 109 Å². The molecule has 0 spiro atoms. The van der Waals surface area contributed by atoms with Crippen molar-refractivity contribution >= 4 is 17.9 Å². The van der Waals surface area contributed by atoms with E-state index in [2.05, 4.69) is 130 Å². The van der Waals surface area contributed by atoms with Crippen molar-refractivity contribution in [3.63, 3.8) is 0 Å². The van der Waals surface area contributed by atoms with E-state index < -0.39 is 6.10 Å². The molecule has 81 heavy (non-hydrogen) atoms. The van der Waals surface area contributed by atoms with Crippen LogP contribution in [0.1, 0.15) is 329 Å². The highest BCUT2D eigenvalue weighted by Crippen LogP contribution is 2.16. The van der Waals surface area contributed by atoms with Crippen molar-refractivity contribution in [1.29, 1.82) is 0 Å². The Hall–Kier alpha value is -3.93. The molecule has 1 atom stereocenters. The Morgan fingerprint density at radius 2 is 0.481 bits per heavy atom. The Morgan fingerprint density at radius 1 is 0.259 bits per heavy atom. The number of carbonyl (C=O) groups is 3. The lowest BCUT2D eigenvalue weighted by atomic mass is 10.0. The number of hydrogen-bond acceptors (Lipinski definition) is 6. The van der Waals surface area contributed by atoms with Gasteiger partial charge in [-0.2, -0.15) is 0 Å². The summed E-state index contributed by atoms with van der Waals surface area (Å²) in [6.07, 6.45) is 94.0. The van der Waals surface area contributed by atoms with Crippen LogP contribution in [0.5, 0.6) is 0 Å². The summed E-state index contributed by atoms with van der Waals surface area (Å²) in [5.41, 5.74) is 0. The first kappa shape index (κ1) is 77.1. The van der Waals surface area contributed by atoms with Crippen LogP contribution in [-0.4, -0.2) is 37.2 Å². The molecule has 464 valence electrons. The molecule has 0 saturated carbocycles. The summed E-state index contributed by atoms with van der Waals surface area (Å²) in [6.45, 7) is 6.50. The number of unbranched alkanes of at least 4 members (excludes halogenated alkanes) is 33. The summed E-state index contributed by atoms with van der Waals surface area (Å²) in [4.78, 5) is 38.3. The van der Waals surface area contributed by atoms with Crippen LogP contribution < -0.4 is 0 Å². The topological polar surface area (TPSA) is 78.9 Å². The van der Waals surface area contributed by atoms with Crippen LogP contribution in [0.4, 0.5) is 0 Å². The Labute approximate surface area is 501 Å². The highest BCUT2D eigenvalue weighted by atomic mass is 16.6. The van der Waals surface area contributed by atoms with Gasteiger partial charge in [0.2, 0.25) is 0 Å². The molecule has 6 heteroatoms. The van der Waals surface area contributed by atoms with Gasteiger partial charge in [-0.15, -0.1) is 0 Å². The number of esters is 3. The van der Waals surface area contributed by atoms with Crippen LogP contribution in [0.2, 0.25) is 0 Å². The van der Waals surface area contributed by atoms with Crippen molar-refractivity contribution < 1.29 is 28.6 Å². The summed E-state index contributed by atoms with van der Waals surface area (Å²) < 4.78 is 16.9. The van der Waals surface area contributed by atoms with E-state index in [1.54, 1.807) is 0 Å². The number of rotatable bonds is 62. The smallest absolute Gasteiger partial charge is 0.306 e. The summed E-state index contributed by atoms with van der Waals surface area (Å²) in [5, 5.41) is 0. The number of hydrogen-bond donors (Lipinski definition) is 0. The van der Waals surface area contributed by atoms with Gasteiger partial charge < -0.3 is 14.2 Å². The molecule has 0 aliphatic rings. The molecule has 0 amide bonds. The lowest BCUT2D eigenvalue weighted by molar-refractivity contribution is -0.167. The van der Waals surface area contributed by atoms with Gasteiger partial charge in [0.25, 0.3) is 0 Å². The monoisotopic (exact) mass is 1120 g/mol. The van der Waals surface area contributed by atoms with Gasteiger partial charge in [-0.1, -0.05) is 291 Å². The zero-order valence-corrected chi connectivity index (χ0v) is 53.3. The fourth-order valence-electron chi connectivity index (χ4n) is 9.59. The largest absolute Gasteiger partial charge is 0.462 e. The number of ether oxygens (including phenoxy) is 3. The molecule has 0 fully saturated rings. The zero-order valence-electron chi connectivity index (χ0n) is 53.3. The van der Waals surface area contributed by atoms with Crippen molar-refractivity contribution in [1.82, 2.24) is 0 Å². The Kier molecular flexibility index (Phi) is 65.2. The molecule has 0 rings (SSSR count). The predicted molar refractivity (Wildman–Crippen MR) is 353 cm³/mol. The molecular weight excluding hydrogens is 997 g/mol. The number of allylic oxidation sites excluding steroid dienone is 18. The quantitative estimate of drug-likeness (QED) is 0.0261. The highest BCUT2D eigenvalue weighted by Gasteiger charge is 2.19. The van der Waals surface area contributed by atoms with Crippen molar-refractivity contribution in [2.24, 2.45) is 0 Å². The third kappa shape index (κ3) is 66.8. The van der Waals surface area contributed by atoms with E-state index in [9.17, 15) is 14.4 Å². The fourth-order valence-corrected chi connectivity index (χ4v) is 9.59. The minimum Gasteiger partial charge on any atom is -0.462 e. The van der Waals surface area contributed by atoms with E-state index in [1.165, 1.54) is 173 Å². The molecule has 0 aromatic rings. The van der Waals surface area contributed by atoms with E-state index in [1.807, 2.05) is 0 Å². The molecule has 0 saturated heterocycles. The fraction of sp³-hybridized carbons (Fsp3) is 0.720. The normalized spacial score (nSPS) is 12.8. The van der Waals surface area contributed by atoms with E-state index in [0.717, 1.165) is 116 Å². The molecule has 0 heterocycles.